The Hall–Kier alpha value is -1.07. The smallest absolute Gasteiger partial charge is 0.211 e. The molecule has 2 aliphatic rings. The lowest BCUT2D eigenvalue weighted by Gasteiger charge is -2.18. The van der Waals surface area contributed by atoms with Crippen molar-refractivity contribution in [1.82, 2.24) is 14.2 Å². The molecule has 0 radical (unpaired) electrons. The van der Waals surface area contributed by atoms with Crippen LogP contribution in [-0.4, -0.2) is 42.8 Å². The fourth-order valence-electron chi connectivity index (χ4n) is 3.75. The SMILES string of the molecule is CCn1cc(CN2C[C@H](NS(=O)(=O)CC)[C@@H](C3CC3)C2)cc1C#N.Cl. The zero-order valence-corrected chi connectivity index (χ0v) is 16.4. The maximum atomic E-state index is 12.0. The van der Waals surface area contributed by atoms with E-state index in [1.165, 1.54) is 12.8 Å². The van der Waals surface area contributed by atoms with Crippen molar-refractivity contribution in [2.75, 3.05) is 18.8 Å². The van der Waals surface area contributed by atoms with Crippen LogP contribution in [0.3, 0.4) is 0 Å². The van der Waals surface area contributed by atoms with Gasteiger partial charge in [-0.25, -0.2) is 13.1 Å². The summed E-state index contributed by atoms with van der Waals surface area (Å²) in [5, 5.41) is 9.18. The number of sulfonamides is 1. The van der Waals surface area contributed by atoms with E-state index in [1.54, 1.807) is 6.92 Å². The summed E-state index contributed by atoms with van der Waals surface area (Å²) in [5.41, 5.74) is 1.82. The highest BCUT2D eigenvalue weighted by atomic mass is 35.5. The molecule has 25 heavy (non-hydrogen) atoms. The van der Waals surface area contributed by atoms with Crippen LogP contribution in [0, 0.1) is 23.2 Å². The third kappa shape index (κ3) is 4.76. The van der Waals surface area contributed by atoms with Gasteiger partial charge in [-0.1, -0.05) is 0 Å². The summed E-state index contributed by atoms with van der Waals surface area (Å²) < 4.78 is 28.8. The Labute approximate surface area is 156 Å². The number of rotatable bonds is 7. The number of aromatic nitrogens is 1. The average molecular weight is 387 g/mol. The third-order valence-electron chi connectivity index (χ3n) is 5.19. The zero-order valence-electron chi connectivity index (χ0n) is 14.8. The summed E-state index contributed by atoms with van der Waals surface area (Å²) in [6, 6.07) is 4.19. The van der Waals surface area contributed by atoms with Gasteiger partial charge in [0.25, 0.3) is 0 Å². The van der Waals surface area contributed by atoms with Gasteiger partial charge >= 0.3 is 0 Å². The number of halogens is 1. The molecule has 0 aromatic carbocycles. The molecule has 0 amide bonds. The average Bonchev–Trinajstić information content (AvgIpc) is 3.21. The lowest BCUT2D eigenvalue weighted by atomic mass is 9.99. The molecule has 2 atom stereocenters. The number of aryl methyl sites for hydroxylation is 1. The van der Waals surface area contributed by atoms with Crippen molar-refractivity contribution in [2.45, 2.75) is 45.8 Å². The molecule has 2 heterocycles. The lowest BCUT2D eigenvalue weighted by Crippen LogP contribution is -2.41. The number of hydrogen-bond acceptors (Lipinski definition) is 4. The van der Waals surface area contributed by atoms with E-state index >= 15 is 0 Å². The first-order valence-corrected chi connectivity index (χ1v) is 10.4. The Morgan fingerprint density at radius 2 is 2.04 bits per heavy atom. The van der Waals surface area contributed by atoms with Crippen LogP contribution in [-0.2, 0) is 23.1 Å². The summed E-state index contributed by atoms with van der Waals surface area (Å²) in [6.07, 6.45) is 4.47. The van der Waals surface area contributed by atoms with Gasteiger partial charge in [0.1, 0.15) is 11.8 Å². The molecular weight excluding hydrogens is 360 g/mol. The van der Waals surface area contributed by atoms with Crippen LogP contribution in [0.2, 0.25) is 0 Å². The van der Waals surface area contributed by atoms with Gasteiger partial charge in [-0.2, -0.15) is 5.26 Å². The molecule has 1 saturated heterocycles. The summed E-state index contributed by atoms with van der Waals surface area (Å²) in [7, 11) is -3.17. The van der Waals surface area contributed by atoms with Crippen molar-refractivity contribution in [1.29, 1.82) is 5.26 Å². The molecule has 1 aromatic rings. The van der Waals surface area contributed by atoms with Gasteiger partial charge < -0.3 is 4.57 Å². The second-order valence-corrected chi connectivity index (χ2v) is 9.00. The van der Waals surface area contributed by atoms with Crippen molar-refractivity contribution in [3.8, 4) is 6.07 Å². The van der Waals surface area contributed by atoms with Gasteiger partial charge in [-0.3, -0.25) is 4.90 Å². The van der Waals surface area contributed by atoms with Crippen molar-refractivity contribution >= 4 is 22.4 Å². The van der Waals surface area contributed by atoms with Gasteiger partial charge in [0.15, 0.2) is 0 Å². The number of nitrogens with zero attached hydrogens (tertiary/aromatic N) is 3. The summed E-state index contributed by atoms with van der Waals surface area (Å²) in [4.78, 5) is 2.32. The molecule has 1 aliphatic carbocycles. The van der Waals surface area contributed by atoms with Crippen LogP contribution in [0.4, 0.5) is 0 Å². The highest BCUT2D eigenvalue weighted by Gasteiger charge is 2.43. The molecule has 0 unspecified atom stereocenters. The maximum Gasteiger partial charge on any atom is 0.211 e. The Bertz CT molecular complexity index is 736. The Morgan fingerprint density at radius 1 is 1.32 bits per heavy atom. The van der Waals surface area contributed by atoms with E-state index in [0.717, 1.165) is 31.7 Å². The summed E-state index contributed by atoms with van der Waals surface area (Å²) in [5.74, 6) is 1.20. The van der Waals surface area contributed by atoms with Crippen molar-refractivity contribution in [2.24, 2.45) is 11.8 Å². The molecule has 8 heteroatoms. The second-order valence-electron chi connectivity index (χ2n) is 6.95. The molecule has 1 N–H and O–H groups in total. The van der Waals surface area contributed by atoms with Gasteiger partial charge in [0.2, 0.25) is 10.0 Å². The Kier molecular flexibility index (Phi) is 6.55. The van der Waals surface area contributed by atoms with Crippen molar-refractivity contribution < 1.29 is 8.42 Å². The van der Waals surface area contributed by atoms with E-state index in [4.69, 9.17) is 0 Å². The minimum absolute atomic E-state index is 0. The van der Waals surface area contributed by atoms with Gasteiger partial charge in [0, 0.05) is 38.4 Å². The predicted octanol–water partition coefficient (Wildman–Crippen LogP) is 1.95. The zero-order chi connectivity index (χ0) is 17.3. The van der Waals surface area contributed by atoms with Crippen molar-refractivity contribution in [3.63, 3.8) is 0 Å². The summed E-state index contributed by atoms with van der Waals surface area (Å²) in [6.45, 7) is 6.94. The van der Waals surface area contributed by atoms with Crippen LogP contribution < -0.4 is 4.72 Å². The molecule has 1 aliphatic heterocycles. The van der Waals surface area contributed by atoms with E-state index in [-0.39, 0.29) is 24.2 Å². The molecule has 0 bridgehead atoms. The molecular formula is C17H27ClN4O2S. The standard InChI is InChI=1S/C17H26N4O2S.ClH/c1-3-21-10-13(7-15(21)8-18)9-20-11-16(14-5-6-14)17(12-20)19-24(22,23)4-2;/h7,10,14,16-17,19H,3-6,9,11-12H2,1-2H3;1H/t16-,17+;/m1./s1. The number of nitriles is 1. The van der Waals surface area contributed by atoms with E-state index < -0.39 is 10.0 Å². The highest BCUT2D eigenvalue weighted by molar-refractivity contribution is 7.89. The van der Waals surface area contributed by atoms with Gasteiger partial charge in [-0.15, -0.1) is 12.4 Å². The summed E-state index contributed by atoms with van der Waals surface area (Å²) >= 11 is 0. The topological polar surface area (TPSA) is 78.1 Å². The van der Waals surface area contributed by atoms with E-state index in [9.17, 15) is 13.7 Å². The molecule has 140 valence electrons. The first-order chi connectivity index (χ1) is 11.5. The first kappa shape index (κ1) is 20.2. The fraction of sp³-hybridized carbons (Fsp3) is 0.706. The van der Waals surface area contributed by atoms with Crippen molar-refractivity contribution in [3.05, 3.63) is 23.5 Å². The molecule has 0 spiro atoms. The van der Waals surface area contributed by atoms with Crippen LogP contribution in [0.5, 0.6) is 0 Å². The molecule has 2 fully saturated rings. The first-order valence-electron chi connectivity index (χ1n) is 8.77. The van der Waals surface area contributed by atoms with Crippen LogP contribution >= 0.6 is 12.4 Å². The van der Waals surface area contributed by atoms with E-state index in [2.05, 4.69) is 15.7 Å². The maximum absolute atomic E-state index is 12.0. The molecule has 1 saturated carbocycles. The van der Waals surface area contributed by atoms with Crippen LogP contribution in [0.25, 0.3) is 0 Å². The number of hydrogen-bond donors (Lipinski definition) is 1. The minimum Gasteiger partial charge on any atom is -0.339 e. The molecule has 3 rings (SSSR count). The monoisotopic (exact) mass is 386 g/mol. The fourth-order valence-corrected chi connectivity index (χ4v) is 4.63. The van der Waals surface area contributed by atoms with E-state index in [0.29, 0.717) is 17.5 Å². The lowest BCUT2D eigenvalue weighted by molar-refractivity contribution is 0.309. The quantitative estimate of drug-likeness (QED) is 0.776. The highest BCUT2D eigenvalue weighted by Crippen LogP contribution is 2.41. The van der Waals surface area contributed by atoms with E-state index in [1.807, 2.05) is 23.8 Å². The largest absolute Gasteiger partial charge is 0.339 e. The number of nitrogens with one attached hydrogen (secondary N) is 1. The number of likely N-dealkylation sites (tertiary alicyclic amines) is 1. The normalized spacial score (nSPS) is 24.0. The van der Waals surface area contributed by atoms with Crippen LogP contribution in [0.15, 0.2) is 12.3 Å². The Morgan fingerprint density at radius 3 is 2.56 bits per heavy atom. The van der Waals surface area contributed by atoms with Gasteiger partial charge in [0.05, 0.1) is 5.75 Å². The Balaban J connectivity index is 0.00000225. The molecule has 6 nitrogen and oxygen atoms in total. The minimum atomic E-state index is -3.17. The molecule has 1 aromatic heterocycles. The third-order valence-corrected chi connectivity index (χ3v) is 6.62. The second kappa shape index (κ2) is 8.09. The van der Waals surface area contributed by atoms with Gasteiger partial charge in [-0.05, 0) is 50.2 Å². The predicted molar refractivity (Wildman–Crippen MR) is 99.9 cm³/mol. The van der Waals surface area contributed by atoms with Crippen LogP contribution in [0.1, 0.15) is 37.9 Å².